The molecule has 0 saturated carbocycles. The molecule has 5 aromatic rings. The molecule has 0 aliphatic rings. The van der Waals surface area contributed by atoms with E-state index in [1.54, 1.807) is 28.4 Å². The van der Waals surface area contributed by atoms with Gasteiger partial charge in [0.1, 0.15) is 23.0 Å². The van der Waals surface area contributed by atoms with Crippen molar-refractivity contribution in [2.24, 2.45) is 0 Å². The predicted molar refractivity (Wildman–Crippen MR) is 170 cm³/mol. The van der Waals surface area contributed by atoms with Crippen LogP contribution in [0.1, 0.15) is 44.5 Å². The fraction of sp³-hybridized carbons (Fsp3) is 0.211. The monoisotopic (exact) mass is 558 g/mol. The molecule has 0 saturated heterocycles. The van der Waals surface area contributed by atoms with Crippen LogP contribution in [0.3, 0.4) is 0 Å². The summed E-state index contributed by atoms with van der Waals surface area (Å²) in [6.45, 7) is 0. The van der Waals surface area contributed by atoms with Gasteiger partial charge >= 0.3 is 0 Å². The van der Waals surface area contributed by atoms with Gasteiger partial charge in [-0.3, -0.25) is 0 Å². The van der Waals surface area contributed by atoms with E-state index in [1.165, 1.54) is 44.5 Å². The molecular weight excluding hydrogens is 520 g/mol. The minimum Gasteiger partial charge on any atom is -0.497 e. The van der Waals surface area contributed by atoms with Crippen LogP contribution in [-0.2, 0) is 25.7 Å². The molecule has 214 valence electrons. The summed E-state index contributed by atoms with van der Waals surface area (Å²) in [4.78, 5) is 0. The first-order chi connectivity index (χ1) is 20.6. The average molecular weight is 559 g/mol. The van der Waals surface area contributed by atoms with E-state index in [9.17, 15) is 0 Å². The van der Waals surface area contributed by atoms with Crippen molar-refractivity contribution in [2.75, 3.05) is 28.4 Å². The van der Waals surface area contributed by atoms with Crippen LogP contribution < -0.4 is 18.9 Å². The third-order valence-corrected chi connectivity index (χ3v) is 7.81. The first-order valence-electron chi connectivity index (χ1n) is 14.2. The number of ether oxygens (including phenoxy) is 4. The molecule has 4 nitrogen and oxygen atoms in total. The average Bonchev–Trinajstić information content (AvgIpc) is 3.05. The van der Waals surface area contributed by atoms with Gasteiger partial charge in [0.25, 0.3) is 0 Å². The van der Waals surface area contributed by atoms with Crippen LogP contribution in [-0.4, -0.2) is 28.4 Å². The van der Waals surface area contributed by atoms with E-state index in [2.05, 4.69) is 60.7 Å². The Morgan fingerprint density at radius 1 is 0.310 bits per heavy atom. The molecule has 0 amide bonds. The maximum absolute atomic E-state index is 5.44. The molecule has 0 aromatic heterocycles. The zero-order valence-corrected chi connectivity index (χ0v) is 24.9. The summed E-state index contributed by atoms with van der Waals surface area (Å²) in [7, 11) is 6.82. The van der Waals surface area contributed by atoms with Gasteiger partial charge in [-0.2, -0.15) is 0 Å². The number of benzene rings is 5. The van der Waals surface area contributed by atoms with Crippen LogP contribution >= 0.6 is 0 Å². The van der Waals surface area contributed by atoms with Gasteiger partial charge in [0, 0.05) is 0 Å². The van der Waals surface area contributed by atoms with Crippen molar-refractivity contribution in [3.05, 3.63) is 154 Å². The van der Waals surface area contributed by atoms with Gasteiger partial charge in [-0.05, 0) is 119 Å². The number of methoxy groups -OCH3 is 4. The SMILES string of the molecule is COc1ccc(Cc2ccc(Cc3ccc(OC)cc3)c(Cc3ccc(OC)cc3)c2Cc2ccc(OC)cc2)cc1. The van der Waals surface area contributed by atoms with Crippen molar-refractivity contribution >= 4 is 0 Å². The molecule has 5 aromatic carbocycles. The normalized spacial score (nSPS) is 10.8. The molecule has 0 aliphatic carbocycles. The highest BCUT2D eigenvalue weighted by Gasteiger charge is 2.16. The van der Waals surface area contributed by atoms with Crippen molar-refractivity contribution in [2.45, 2.75) is 25.7 Å². The fourth-order valence-electron chi connectivity index (χ4n) is 5.38. The van der Waals surface area contributed by atoms with Crippen molar-refractivity contribution in [1.82, 2.24) is 0 Å². The number of hydrogen-bond donors (Lipinski definition) is 0. The molecule has 0 heterocycles. The van der Waals surface area contributed by atoms with E-state index >= 15 is 0 Å². The Kier molecular flexibility index (Phi) is 9.45. The number of hydrogen-bond acceptors (Lipinski definition) is 4. The van der Waals surface area contributed by atoms with Crippen LogP contribution in [0, 0.1) is 0 Å². The minimum absolute atomic E-state index is 0.831. The largest absolute Gasteiger partial charge is 0.497 e. The molecule has 42 heavy (non-hydrogen) atoms. The molecule has 0 aliphatic heterocycles. The second kappa shape index (κ2) is 13.8. The molecule has 0 N–H and O–H groups in total. The highest BCUT2D eigenvalue weighted by atomic mass is 16.5. The topological polar surface area (TPSA) is 36.9 Å². The standard InChI is InChI=1S/C38H38O4/c1-39-33-15-5-27(6-16-33)23-31-13-14-32(24-28-7-17-34(40-2)18-8-28)38(26-30-11-21-36(42-4)22-12-30)37(31)25-29-9-19-35(41-3)20-10-29/h5-22H,23-26H2,1-4H3. The quantitative estimate of drug-likeness (QED) is 0.155. The van der Waals surface area contributed by atoms with E-state index in [4.69, 9.17) is 18.9 Å². The second-order valence-electron chi connectivity index (χ2n) is 10.4. The van der Waals surface area contributed by atoms with Gasteiger partial charge in [0.15, 0.2) is 0 Å². The Morgan fingerprint density at radius 2 is 0.548 bits per heavy atom. The lowest BCUT2D eigenvalue weighted by atomic mass is 9.84. The molecule has 0 radical (unpaired) electrons. The molecule has 0 fully saturated rings. The lowest BCUT2D eigenvalue weighted by molar-refractivity contribution is 0.414. The maximum atomic E-state index is 5.44. The van der Waals surface area contributed by atoms with E-state index in [0.29, 0.717) is 0 Å². The number of rotatable bonds is 12. The molecule has 4 heteroatoms. The molecule has 5 rings (SSSR count). The van der Waals surface area contributed by atoms with Crippen molar-refractivity contribution in [3.63, 3.8) is 0 Å². The molecule has 0 spiro atoms. The van der Waals surface area contributed by atoms with Crippen LogP contribution in [0.5, 0.6) is 23.0 Å². The third-order valence-electron chi connectivity index (χ3n) is 7.81. The Balaban J connectivity index is 1.61. The Morgan fingerprint density at radius 3 is 0.786 bits per heavy atom. The summed E-state index contributed by atoms with van der Waals surface area (Å²) in [6.07, 6.45) is 3.34. The van der Waals surface area contributed by atoms with Crippen LogP contribution in [0.25, 0.3) is 0 Å². The first kappa shape index (κ1) is 28.8. The highest BCUT2D eigenvalue weighted by molar-refractivity contribution is 5.50. The fourth-order valence-corrected chi connectivity index (χ4v) is 5.38. The zero-order chi connectivity index (χ0) is 29.3. The highest BCUT2D eigenvalue weighted by Crippen LogP contribution is 2.30. The van der Waals surface area contributed by atoms with Gasteiger partial charge in [-0.1, -0.05) is 60.7 Å². The van der Waals surface area contributed by atoms with Gasteiger partial charge in [0.05, 0.1) is 28.4 Å². The lowest BCUT2D eigenvalue weighted by Crippen LogP contribution is -2.08. The van der Waals surface area contributed by atoms with Gasteiger partial charge in [-0.15, -0.1) is 0 Å². The third kappa shape index (κ3) is 7.13. The maximum Gasteiger partial charge on any atom is 0.118 e. The van der Waals surface area contributed by atoms with Crippen LogP contribution in [0.15, 0.2) is 109 Å². The van der Waals surface area contributed by atoms with Crippen molar-refractivity contribution < 1.29 is 18.9 Å². The van der Waals surface area contributed by atoms with E-state index < -0.39 is 0 Å². The smallest absolute Gasteiger partial charge is 0.118 e. The molecule has 0 unspecified atom stereocenters. The Bertz CT molecular complexity index is 1450. The second-order valence-corrected chi connectivity index (χ2v) is 10.4. The first-order valence-corrected chi connectivity index (χ1v) is 14.2. The summed E-state index contributed by atoms with van der Waals surface area (Å²) in [5.74, 6) is 3.47. The summed E-state index contributed by atoms with van der Waals surface area (Å²) < 4.78 is 21.7. The Labute approximate surface area is 249 Å². The van der Waals surface area contributed by atoms with Crippen LogP contribution in [0.4, 0.5) is 0 Å². The van der Waals surface area contributed by atoms with E-state index in [1.807, 2.05) is 48.5 Å². The summed E-state index contributed by atoms with van der Waals surface area (Å²) >= 11 is 0. The van der Waals surface area contributed by atoms with Crippen molar-refractivity contribution in [1.29, 1.82) is 0 Å². The zero-order valence-electron chi connectivity index (χ0n) is 24.9. The van der Waals surface area contributed by atoms with Gasteiger partial charge in [0.2, 0.25) is 0 Å². The van der Waals surface area contributed by atoms with Crippen molar-refractivity contribution in [3.8, 4) is 23.0 Å². The summed E-state index contributed by atoms with van der Waals surface area (Å²) in [5, 5.41) is 0. The summed E-state index contributed by atoms with van der Waals surface area (Å²) in [6, 6.07) is 38.3. The van der Waals surface area contributed by atoms with E-state index in [-0.39, 0.29) is 0 Å². The van der Waals surface area contributed by atoms with Gasteiger partial charge < -0.3 is 18.9 Å². The van der Waals surface area contributed by atoms with Crippen LogP contribution in [0.2, 0.25) is 0 Å². The summed E-state index contributed by atoms with van der Waals surface area (Å²) in [5.41, 5.74) is 10.4. The lowest BCUT2D eigenvalue weighted by Gasteiger charge is -2.21. The molecule has 0 atom stereocenters. The van der Waals surface area contributed by atoms with E-state index in [0.717, 1.165) is 48.7 Å². The molecule has 0 bridgehead atoms. The predicted octanol–water partition coefficient (Wildman–Crippen LogP) is 8.08. The molecular formula is C38H38O4. The minimum atomic E-state index is 0.831. The Hall–Kier alpha value is -4.70. The van der Waals surface area contributed by atoms with Gasteiger partial charge in [-0.25, -0.2) is 0 Å².